The van der Waals surface area contributed by atoms with Crippen molar-refractivity contribution in [1.29, 1.82) is 0 Å². The molecule has 4 nitrogen and oxygen atoms in total. The fourth-order valence-electron chi connectivity index (χ4n) is 2.37. The fraction of sp³-hybridized carbons (Fsp3) is 0.385. The van der Waals surface area contributed by atoms with Crippen molar-refractivity contribution in [2.75, 3.05) is 6.54 Å². The summed E-state index contributed by atoms with van der Waals surface area (Å²) in [6.45, 7) is 1.62. The number of hydrogen-bond acceptors (Lipinski definition) is 3. The van der Waals surface area contributed by atoms with Crippen LogP contribution in [-0.4, -0.2) is 21.3 Å². The summed E-state index contributed by atoms with van der Waals surface area (Å²) in [6, 6.07) is 2.06. The van der Waals surface area contributed by atoms with E-state index >= 15 is 0 Å². The monoisotopic (exact) mass is 264 g/mol. The third-order valence-electron chi connectivity index (χ3n) is 3.25. The predicted molar refractivity (Wildman–Crippen MR) is 73.8 cm³/mol. The number of fused-ring (bicyclic) bond motifs is 3. The van der Waals surface area contributed by atoms with Gasteiger partial charge < -0.3 is 5.73 Å². The lowest BCUT2D eigenvalue weighted by atomic mass is 9.92. The second-order valence-electron chi connectivity index (χ2n) is 4.44. The van der Waals surface area contributed by atoms with E-state index in [1.54, 1.807) is 0 Å². The Bertz CT molecular complexity index is 536. The molecule has 5 heteroatoms. The highest BCUT2D eigenvalue weighted by molar-refractivity contribution is 5.85. The molecule has 0 amide bonds. The van der Waals surface area contributed by atoms with Crippen molar-refractivity contribution in [3.63, 3.8) is 0 Å². The largest absolute Gasteiger partial charge is 0.330 e. The number of aromatic nitrogens is 3. The number of nitrogens with zero attached hydrogens (tertiary/aromatic N) is 3. The summed E-state index contributed by atoms with van der Waals surface area (Å²) in [5, 5.41) is 4.66. The summed E-state index contributed by atoms with van der Waals surface area (Å²) < 4.78 is 2.02. The zero-order valence-electron chi connectivity index (χ0n) is 10.2. The Labute approximate surface area is 113 Å². The third kappa shape index (κ3) is 2.26. The topological polar surface area (TPSA) is 56.7 Å². The van der Waals surface area contributed by atoms with Crippen molar-refractivity contribution in [1.82, 2.24) is 14.8 Å². The van der Waals surface area contributed by atoms with Gasteiger partial charge in [-0.25, -0.2) is 0 Å². The molecular weight excluding hydrogens is 248 g/mol. The van der Waals surface area contributed by atoms with Gasteiger partial charge in [-0.3, -0.25) is 9.67 Å². The highest BCUT2D eigenvalue weighted by atomic mass is 35.5. The van der Waals surface area contributed by atoms with Crippen LogP contribution in [0, 0.1) is 0 Å². The van der Waals surface area contributed by atoms with Crippen LogP contribution in [0.25, 0.3) is 11.3 Å². The van der Waals surface area contributed by atoms with Crippen LogP contribution < -0.4 is 5.73 Å². The maximum Gasteiger partial charge on any atom is 0.0959 e. The van der Waals surface area contributed by atoms with Crippen molar-refractivity contribution < 1.29 is 0 Å². The molecule has 1 aliphatic carbocycles. The van der Waals surface area contributed by atoms with E-state index in [1.807, 2.05) is 17.1 Å². The normalized spacial score (nSPS) is 12.5. The number of aryl methyl sites for hydroxylation is 3. The Hall–Kier alpha value is -1.39. The summed E-state index contributed by atoms with van der Waals surface area (Å²) in [4.78, 5) is 4.18. The minimum atomic E-state index is 0. The standard InChI is InChI=1S/C13H16N4.ClH/c14-5-1-7-17-9-11-3-2-10-8-15-6-4-12(10)13(11)16-17;/h4,6,8-9H,1-3,5,7,14H2;1H. The van der Waals surface area contributed by atoms with Crippen molar-refractivity contribution in [2.24, 2.45) is 5.73 Å². The van der Waals surface area contributed by atoms with Crippen LogP contribution >= 0.6 is 12.4 Å². The first-order valence-electron chi connectivity index (χ1n) is 6.08. The van der Waals surface area contributed by atoms with E-state index in [9.17, 15) is 0 Å². The van der Waals surface area contributed by atoms with E-state index in [-0.39, 0.29) is 12.4 Å². The molecule has 0 bridgehead atoms. The minimum absolute atomic E-state index is 0. The molecule has 2 N–H and O–H groups in total. The van der Waals surface area contributed by atoms with Gasteiger partial charge in [0.1, 0.15) is 0 Å². The van der Waals surface area contributed by atoms with Gasteiger partial charge in [0.05, 0.1) is 5.69 Å². The zero-order chi connectivity index (χ0) is 11.7. The molecule has 0 saturated heterocycles. The molecular formula is C13H17ClN4. The number of hydrogen-bond donors (Lipinski definition) is 1. The van der Waals surface area contributed by atoms with Crippen molar-refractivity contribution >= 4 is 12.4 Å². The van der Waals surface area contributed by atoms with Crippen LogP contribution in [0.1, 0.15) is 17.5 Å². The molecule has 2 heterocycles. The zero-order valence-corrected chi connectivity index (χ0v) is 11.0. The predicted octanol–water partition coefficient (Wildman–Crippen LogP) is 1.81. The third-order valence-corrected chi connectivity index (χ3v) is 3.25. The molecule has 0 unspecified atom stereocenters. The first-order valence-corrected chi connectivity index (χ1v) is 6.08. The van der Waals surface area contributed by atoms with Crippen LogP contribution in [0.2, 0.25) is 0 Å². The van der Waals surface area contributed by atoms with Gasteiger partial charge in [-0.05, 0) is 43.0 Å². The Morgan fingerprint density at radius 2 is 2.11 bits per heavy atom. The van der Waals surface area contributed by atoms with Gasteiger partial charge in [-0.2, -0.15) is 5.10 Å². The average Bonchev–Trinajstić information content (AvgIpc) is 2.79. The van der Waals surface area contributed by atoms with Gasteiger partial charge in [0, 0.05) is 30.7 Å². The van der Waals surface area contributed by atoms with Crippen LogP contribution in [0.3, 0.4) is 0 Å². The molecule has 0 saturated carbocycles. The smallest absolute Gasteiger partial charge is 0.0959 e. The maximum atomic E-state index is 5.53. The first kappa shape index (κ1) is 13.1. The Morgan fingerprint density at radius 1 is 1.28 bits per heavy atom. The summed E-state index contributed by atoms with van der Waals surface area (Å²) in [5.41, 5.74) is 10.6. The molecule has 3 rings (SSSR count). The lowest BCUT2D eigenvalue weighted by Gasteiger charge is -2.13. The van der Waals surface area contributed by atoms with Gasteiger partial charge >= 0.3 is 0 Å². The van der Waals surface area contributed by atoms with Crippen LogP contribution in [0.4, 0.5) is 0 Å². The van der Waals surface area contributed by atoms with Gasteiger partial charge in [0.2, 0.25) is 0 Å². The molecule has 96 valence electrons. The SMILES string of the molecule is Cl.NCCCn1cc2c(n1)-c1ccncc1CC2. The lowest BCUT2D eigenvalue weighted by Crippen LogP contribution is -2.06. The average molecular weight is 265 g/mol. The van der Waals surface area contributed by atoms with Crippen LogP contribution in [0.5, 0.6) is 0 Å². The van der Waals surface area contributed by atoms with Gasteiger partial charge in [-0.1, -0.05) is 0 Å². The summed E-state index contributed by atoms with van der Waals surface area (Å²) in [6.07, 6.45) is 9.07. The van der Waals surface area contributed by atoms with E-state index < -0.39 is 0 Å². The number of pyridine rings is 1. The number of nitrogens with two attached hydrogens (primary N) is 1. The summed E-state index contributed by atoms with van der Waals surface area (Å²) in [7, 11) is 0. The summed E-state index contributed by atoms with van der Waals surface area (Å²) in [5.74, 6) is 0. The highest BCUT2D eigenvalue weighted by Crippen LogP contribution is 2.31. The quantitative estimate of drug-likeness (QED) is 0.920. The van der Waals surface area contributed by atoms with Crippen molar-refractivity contribution in [2.45, 2.75) is 25.8 Å². The Balaban J connectivity index is 0.00000120. The molecule has 2 aromatic rings. The molecule has 18 heavy (non-hydrogen) atoms. The first-order chi connectivity index (χ1) is 8.38. The Morgan fingerprint density at radius 3 is 2.94 bits per heavy atom. The molecule has 0 spiro atoms. The van der Waals surface area contributed by atoms with Crippen LogP contribution in [-0.2, 0) is 19.4 Å². The van der Waals surface area contributed by atoms with Gasteiger partial charge in [-0.15, -0.1) is 12.4 Å². The van der Waals surface area contributed by atoms with Crippen molar-refractivity contribution in [3.8, 4) is 11.3 Å². The maximum absolute atomic E-state index is 5.53. The van der Waals surface area contributed by atoms with E-state index in [0.29, 0.717) is 6.54 Å². The lowest BCUT2D eigenvalue weighted by molar-refractivity contribution is 0.586. The summed E-state index contributed by atoms with van der Waals surface area (Å²) >= 11 is 0. The van der Waals surface area contributed by atoms with E-state index in [2.05, 4.69) is 22.3 Å². The minimum Gasteiger partial charge on any atom is -0.330 e. The molecule has 0 radical (unpaired) electrons. The molecule has 0 fully saturated rings. The molecule has 2 aromatic heterocycles. The molecule has 0 atom stereocenters. The second kappa shape index (κ2) is 5.50. The van der Waals surface area contributed by atoms with Crippen LogP contribution in [0.15, 0.2) is 24.7 Å². The second-order valence-corrected chi connectivity index (χ2v) is 4.44. The highest BCUT2D eigenvalue weighted by Gasteiger charge is 2.19. The molecule has 0 aliphatic heterocycles. The van der Waals surface area contributed by atoms with Gasteiger partial charge in [0.15, 0.2) is 0 Å². The number of halogens is 1. The Kier molecular flexibility index (Phi) is 3.99. The van der Waals surface area contributed by atoms with E-state index in [0.717, 1.165) is 31.5 Å². The van der Waals surface area contributed by atoms with Crippen molar-refractivity contribution in [3.05, 3.63) is 35.8 Å². The molecule has 1 aliphatic rings. The van der Waals surface area contributed by atoms with E-state index in [1.165, 1.54) is 16.7 Å². The van der Waals surface area contributed by atoms with E-state index in [4.69, 9.17) is 5.73 Å². The van der Waals surface area contributed by atoms with Gasteiger partial charge in [0.25, 0.3) is 0 Å². The molecule has 0 aromatic carbocycles. The fourth-order valence-corrected chi connectivity index (χ4v) is 2.37. The number of rotatable bonds is 3.